The second kappa shape index (κ2) is 6.53. The van der Waals surface area contributed by atoms with E-state index in [-0.39, 0.29) is 23.3 Å². The molecule has 136 valence electrons. The van der Waals surface area contributed by atoms with Crippen molar-refractivity contribution in [2.75, 3.05) is 0 Å². The summed E-state index contributed by atoms with van der Waals surface area (Å²) >= 11 is 0. The third-order valence-electron chi connectivity index (χ3n) is 5.84. The quantitative estimate of drug-likeness (QED) is 0.875. The Morgan fingerprint density at radius 1 is 1.15 bits per heavy atom. The highest BCUT2D eigenvalue weighted by atomic mass is 16.2. The Morgan fingerprint density at radius 3 is 2.65 bits per heavy atom. The van der Waals surface area contributed by atoms with Gasteiger partial charge in [0.05, 0.1) is 11.7 Å². The zero-order valence-electron chi connectivity index (χ0n) is 16.0. The van der Waals surface area contributed by atoms with E-state index >= 15 is 0 Å². The maximum absolute atomic E-state index is 12.8. The fourth-order valence-corrected chi connectivity index (χ4v) is 4.11. The third-order valence-corrected chi connectivity index (χ3v) is 5.84. The van der Waals surface area contributed by atoms with Gasteiger partial charge in [0.15, 0.2) is 0 Å². The van der Waals surface area contributed by atoms with Crippen LogP contribution in [-0.4, -0.2) is 10.9 Å². The van der Waals surface area contributed by atoms with Crippen molar-refractivity contribution in [1.29, 1.82) is 0 Å². The van der Waals surface area contributed by atoms with E-state index in [2.05, 4.69) is 61.4 Å². The number of pyridine rings is 1. The molecule has 1 aromatic heterocycles. The van der Waals surface area contributed by atoms with Crippen LogP contribution in [0.25, 0.3) is 0 Å². The number of amides is 1. The molecule has 1 fully saturated rings. The highest BCUT2D eigenvalue weighted by Gasteiger charge is 2.44. The van der Waals surface area contributed by atoms with E-state index < -0.39 is 0 Å². The summed E-state index contributed by atoms with van der Waals surface area (Å²) in [5.41, 5.74) is 5.15. The van der Waals surface area contributed by atoms with Gasteiger partial charge >= 0.3 is 0 Å². The van der Waals surface area contributed by atoms with Crippen LogP contribution in [0.4, 0.5) is 0 Å². The summed E-state index contributed by atoms with van der Waals surface area (Å²) in [7, 11) is 0. The first-order chi connectivity index (χ1) is 12.4. The highest BCUT2D eigenvalue weighted by molar-refractivity contribution is 5.83. The van der Waals surface area contributed by atoms with Crippen molar-refractivity contribution < 1.29 is 4.79 Å². The lowest BCUT2D eigenvalue weighted by Gasteiger charge is -2.25. The summed E-state index contributed by atoms with van der Waals surface area (Å²) in [6.07, 6.45) is 5.98. The number of benzene rings is 1. The van der Waals surface area contributed by atoms with Gasteiger partial charge in [-0.05, 0) is 59.8 Å². The summed E-state index contributed by atoms with van der Waals surface area (Å²) in [4.78, 5) is 17.3. The van der Waals surface area contributed by atoms with E-state index in [1.807, 2.05) is 12.3 Å². The number of hydrogen-bond donors (Lipinski definition) is 1. The molecule has 1 amide bonds. The summed E-state index contributed by atoms with van der Waals surface area (Å²) in [5, 5.41) is 3.27. The molecule has 1 aromatic carbocycles. The Labute approximate surface area is 156 Å². The largest absolute Gasteiger partial charge is 0.347 e. The van der Waals surface area contributed by atoms with Crippen LogP contribution in [0.15, 0.2) is 42.6 Å². The molecule has 3 heteroatoms. The van der Waals surface area contributed by atoms with Gasteiger partial charge in [0.2, 0.25) is 5.91 Å². The van der Waals surface area contributed by atoms with Crippen LogP contribution in [0.2, 0.25) is 0 Å². The molecule has 4 rings (SSSR count). The Morgan fingerprint density at radius 2 is 1.92 bits per heavy atom. The first-order valence-electron chi connectivity index (χ1n) is 9.78. The predicted octanol–water partition coefficient (Wildman–Crippen LogP) is 4.68. The second-order valence-corrected chi connectivity index (χ2v) is 8.82. The Balaban J connectivity index is 1.41. The van der Waals surface area contributed by atoms with Crippen LogP contribution in [0.5, 0.6) is 0 Å². The molecule has 3 unspecified atom stereocenters. The van der Waals surface area contributed by atoms with Crippen LogP contribution in [-0.2, 0) is 16.6 Å². The van der Waals surface area contributed by atoms with E-state index in [1.165, 1.54) is 16.7 Å². The molecule has 0 saturated heterocycles. The molecule has 0 radical (unpaired) electrons. The van der Waals surface area contributed by atoms with Crippen LogP contribution >= 0.6 is 0 Å². The molecule has 3 atom stereocenters. The number of carbonyl (C=O) groups excluding carboxylic acids is 1. The second-order valence-electron chi connectivity index (χ2n) is 8.82. The SMILES string of the molecule is CC(C)(C)c1ccc(C2CC2C(=O)NC2CCCc3cccnc32)cc1. The molecule has 0 aliphatic heterocycles. The molecule has 0 spiro atoms. The van der Waals surface area contributed by atoms with Crippen molar-refractivity contribution >= 4 is 5.91 Å². The number of aryl methyl sites for hydroxylation is 1. The van der Waals surface area contributed by atoms with Crippen molar-refractivity contribution in [2.45, 2.75) is 63.8 Å². The van der Waals surface area contributed by atoms with Crippen LogP contribution in [0.3, 0.4) is 0 Å². The van der Waals surface area contributed by atoms with Crippen LogP contribution < -0.4 is 5.32 Å². The maximum Gasteiger partial charge on any atom is 0.224 e. The predicted molar refractivity (Wildman–Crippen MR) is 104 cm³/mol. The average molecular weight is 348 g/mol. The maximum atomic E-state index is 12.8. The number of hydrogen-bond acceptors (Lipinski definition) is 2. The van der Waals surface area contributed by atoms with Crippen LogP contribution in [0.1, 0.15) is 74.4 Å². The van der Waals surface area contributed by atoms with Gasteiger partial charge in [-0.1, -0.05) is 51.1 Å². The Bertz CT molecular complexity index is 804. The minimum atomic E-state index is 0.0805. The molecular weight excluding hydrogens is 320 g/mol. The molecule has 2 aliphatic rings. The van der Waals surface area contributed by atoms with Gasteiger partial charge in [-0.15, -0.1) is 0 Å². The van der Waals surface area contributed by atoms with E-state index in [4.69, 9.17) is 0 Å². The van der Waals surface area contributed by atoms with Gasteiger partial charge < -0.3 is 5.32 Å². The molecule has 1 heterocycles. The summed E-state index contributed by atoms with van der Waals surface area (Å²) in [6.45, 7) is 6.68. The molecule has 2 aliphatic carbocycles. The molecule has 3 nitrogen and oxygen atoms in total. The number of carbonyl (C=O) groups is 1. The minimum absolute atomic E-state index is 0.0805. The van der Waals surface area contributed by atoms with Gasteiger partial charge in [0.25, 0.3) is 0 Å². The lowest BCUT2D eigenvalue weighted by molar-refractivity contribution is -0.123. The van der Waals surface area contributed by atoms with Crippen molar-refractivity contribution in [3.05, 3.63) is 65.0 Å². The van der Waals surface area contributed by atoms with Gasteiger partial charge in [-0.3, -0.25) is 9.78 Å². The Kier molecular flexibility index (Phi) is 4.34. The monoisotopic (exact) mass is 348 g/mol. The Hall–Kier alpha value is -2.16. The zero-order valence-corrected chi connectivity index (χ0v) is 16.0. The fraction of sp³-hybridized carbons (Fsp3) is 0.478. The number of rotatable bonds is 3. The van der Waals surface area contributed by atoms with Gasteiger partial charge in [-0.25, -0.2) is 0 Å². The van der Waals surface area contributed by atoms with E-state index in [9.17, 15) is 4.79 Å². The molecule has 1 N–H and O–H groups in total. The lowest BCUT2D eigenvalue weighted by atomic mass is 9.86. The van der Waals surface area contributed by atoms with Gasteiger partial charge in [0.1, 0.15) is 0 Å². The number of fused-ring (bicyclic) bond motifs is 1. The smallest absolute Gasteiger partial charge is 0.224 e. The minimum Gasteiger partial charge on any atom is -0.347 e. The fourth-order valence-electron chi connectivity index (χ4n) is 4.11. The van der Waals surface area contributed by atoms with Crippen molar-refractivity contribution in [2.24, 2.45) is 5.92 Å². The topological polar surface area (TPSA) is 42.0 Å². The van der Waals surface area contributed by atoms with E-state index in [1.54, 1.807) is 0 Å². The molecule has 1 saturated carbocycles. The first-order valence-corrected chi connectivity index (χ1v) is 9.78. The number of aromatic nitrogens is 1. The number of nitrogens with one attached hydrogen (secondary N) is 1. The standard InChI is InChI=1S/C23H28N2O/c1-23(2,3)17-11-9-15(10-12-17)18-14-19(18)22(26)25-20-8-4-6-16-7-5-13-24-21(16)20/h5,7,9-13,18-20H,4,6,8,14H2,1-3H3,(H,25,26). The molecule has 26 heavy (non-hydrogen) atoms. The molecule has 0 bridgehead atoms. The number of nitrogens with zero attached hydrogens (tertiary/aromatic N) is 1. The highest BCUT2D eigenvalue weighted by Crippen LogP contribution is 2.48. The van der Waals surface area contributed by atoms with Gasteiger partial charge in [-0.2, -0.15) is 0 Å². The summed E-state index contributed by atoms with van der Waals surface area (Å²) in [5.74, 6) is 0.679. The van der Waals surface area contributed by atoms with E-state index in [0.717, 1.165) is 31.4 Å². The molecule has 2 aromatic rings. The summed E-state index contributed by atoms with van der Waals surface area (Å²) < 4.78 is 0. The van der Waals surface area contributed by atoms with Crippen molar-refractivity contribution in [1.82, 2.24) is 10.3 Å². The van der Waals surface area contributed by atoms with E-state index in [0.29, 0.717) is 5.92 Å². The average Bonchev–Trinajstić information content (AvgIpc) is 3.42. The van der Waals surface area contributed by atoms with Crippen LogP contribution in [0, 0.1) is 5.92 Å². The van der Waals surface area contributed by atoms with Crippen molar-refractivity contribution in [3.63, 3.8) is 0 Å². The first kappa shape index (κ1) is 17.3. The summed E-state index contributed by atoms with van der Waals surface area (Å²) in [6, 6.07) is 13.0. The zero-order chi connectivity index (χ0) is 18.3. The van der Waals surface area contributed by atoms with Crippen molar-refractivity contribution in [3.8, 4) is 0 Å². The normalized spacial score (nSPS) is 24.7. The third kappa shape index (κ3) is 3.40. The van der Waals surface area contributed by atoms with Gasteiger partial charge in [0, 0.05) is 12.1 Å². The lowest BCUT2D eigenvalue weighted by Crippen LogP contribution is -2.33. The molecular formula is C23H28N2O.